The van der Waals surface area contributed by atoms with Gasteiger partial charge in [-0.05, 0) is 37.5 Å². The highest BCUT2D eigenvalue weighted by Crippen LogP contribution is 2.29. The third kappa shape index (κ3) is 2.47. The first-order valence-electron chi connectivity index (χ1n) is 5.85. The van der Waals surface area contributed by atoms with E-state index in [1.165, 1.54) is 4.31 Å². The molecule has 1 saturated heterocycles. The third-order valence-corrected chi connectivity index (χ3v) is 5.86. The van der Waals surface area contributed by atoms with Gasteiger partial charge in [0, 0.05) is 17.1 Å². The van der Waals surface area contributed by atoms with Crippen molar-refractivity contribution in [2.75, 3.05) is 13.2 Å². The Hall–Kier alpha value is -0.430. The Kier molecular flexibility index (Phi) is 4.11. The Balaban J connectivity index is 2.45. The fourth-order valence-corrected chi connectivity index (χ4v) is 4.74. The molecule has 0 aromatic heterocycles. The van der Waals surface area contributed by atoms with Gasteiger partial charge in [0.2, 0.25) is 10.0 Å². The lowest BCUT2D eigenvalue weighted by Crippen LogP contribution is -2.37. The van der Waals surface area contributed by atoms with Crippen molar-refractivity contribution in [1.82, 2.24) is 4.31 Å². The van der Waals surface area contributed by atoms with Gasteiger partial charge in [-0.25, -0.2) is 8.42 Å². The molecule has 0 saturated carbocycles. The SMILES string of the molecule is Cc1ccc(Br)cc1S(=O)(=O)N1CCC[C@@H]1CO. The van der Waals surface area contributed by atoms with Gasteiger partial charge in [0.1, 0.15) is 0 Å². The van der Waals surface area contributed by atoms with E-state index in [0.717, 1.165) is 22.9 Å². The third-order valence-electron chi connectivity index (χ3n) is 3.27. The minimum atomic E-state index is -3.51. The number of rotatable bonds is 3. The van der Waals surface area contributed by atoms with Crippen molar-refractivity contribution in [3.8, 4) is 0 Å². The quantitative estimate of drug-likeness (QED) is 0.919. The van der Waals surface area contributed by atoms with E-state index in [0.29, 0.717) is 11.4 Å². The van der Waals surface area contributed by atoms with Crippen molar-refractivity contribution in [2.45, 2.75) is 30.7 Å². The number of hydrogen-bond donors (Lipinski definition) is 1. The van der Waals surface area contributed by atoms with E-state index in [1.54, 1.807) is 19.1 Å². The summed E-state index contributed by atoms with van der Waals surface area (Å²) in [6, 6.07) is 4.94. The summed E-state index contributed by atoms with van der Waals surface area (Å²) in [6.07, 6.45) is 1.53. The summed E-state index contributed by atoms with van der Waals surface area (Å²) in [7, 11) is -3.51. The molecule has 100 valence electrons. The highest BCUT2D eigenvalue weighted by molar-refractivity contribution is 9.10. The number of aliphatic hydroxyl groups is 1. The number of benzene rings is 1. The molecule has 0 radical (unpaired) electrons. The van der Waals surface area contributed by atoms with Gasteiger partial charge >= 0.3 is 0 Å². The largest absolute Gasteiger partial charge is 0.395 e. The normalized spacial score (nSPS) is 21.4. The molecule has 2 rings (SSSR count). The molecule has 4 nitrogen and oxygen atoms in total. The molecule has 18 heavy (non-hydrogen) atoms. The van der Waals surface area contributed by atoms with E-state index in [-0.39, 0.29) is 12.6 Å². The van der Waals surface area contributed by atoms with Gasteiger partial charge in [0.15, 0.2) is 0 Å². The lowest BCUT2D eigenvalue weighted by Gasteiger charge is -2.23. The van der Waals surface area contributed by atoms with Crippen molar-refractivity contribution in [3.05, 3.63) is 28.2 Å². The molecule has 1 fully saturated rings. The number of sulfonamides is 1. The number of aliphatic hydroxyl groups excluding tert-OH is 1. The maximum absolute atomic E-state index is 12.6. The van der Waals surface area contributed by atoms with E-state index in [4.69, 9.17) is 0 Å². The maximum Gasteiger partial charge on any atom is 0.243 e. The summed E-state index contributed by atoms with van der Waals surface area (Å²) >= 11 is 3.30. The lowest BCUT2D eigenvalue weighted by atomic mass is 10.2. The average Bonchev–Trinajstić information content (AvgIpc) is 2.81. The molecule has 0 aliphatic carbocycles. The van der Waals surface area contributed by atoms with Crippen LogP contribution in [0, 0.1) is 6.92 Å². The van der Waals surface area contributed by atoms with Crippen LogP contribution in [0.15, 0.2) is 27.6 Å². The van der Waals surface area contributed by atoms with Crippen molar-refractivity contribution < 1.29 is 13.5 Å². The van der Waals surface area contributed by atoms with Gasteiger partial charge in [-0.1, -0.05) is 22.0 Å². The second-order valence-electron chi connectivity index (χ2n) is 4.50. The van der Waals surface area contributed by atoms with Gasteiger partial charge in [-0.2, -0.15) is 4.31 Å². The summed E-state index contributed by atoms with van der Waals surface area (Å²) in [5, 5.41) is 9.26. The summed E-state index contributed by atoms with van der Waals surface area (Å²) in [6.45, 7) is 2.15. The van der Waals surface area contributed by atoms with Crippen LogP contribution in [0.2, 0.25) is 0 Å². The molecule has 1 aliphatic rings. The number of nitrogens with zero attached hydrogens (tertiary/aromatic N) is 1. The van der Waals surface area contributed by atoms with Crippen molar-refractivity contribution >= 4 is 26.0 Å². The van der Waals surface area contributed by atoms with Crippen LogP contribution in [0.5, 0.6) is 0 Å². The van der Waals surface area contributed by atoms with Crippen LogP contribution in [0.3, 0.4) is 0 Å². The molecule has 1 atom stereocenters. The minimum absolute atomic E-state index is 0.119. The standard InChI is InChI=1S/C12H16BrNO3S/c1-9-4-5-10(13)7-12(9)18(16,17)14-6-2-3-11(14)8-15/h4-5,7,11,15H,2-3,6,8H2,1H3/t11-/m1/s1. The van der Waals surface area contributed by atoms with Gasteiger partial charge in [-0.15, -0.1) is 0 Å². The minimum Gasteiger partial charge on any atom is -0.395 e. The summed E-state index contributed by atoms with van der Waals surface area (Å²) in [5.74, 6) is 0. The Labute approximate surface area is 116 Å². The van der Waals surface area contributed by atoms with Crippen molar-refractivity contribution in [1.29, 1.82) is 0 Å². The highest BCUT2D eigenvalue weighted by atomic mass is 79.9. The summed E-state index contributed by atoms with van der Waals surface area (Å²) < 4.78 is 27.3. The molecule has 1 aromatic carbocycles. The van der Waals surface area contributed by atoms with E-state index in [9.17, 15) is 13.5 Å². The zero-order chi connectivity index (χ0) is 13.3. The Morgan fingerprint density at radius 3 is 2.89 bits per heavy atom. The summed E-state index contributed by atoms with van der Waals surface area (Å²) in [4.78, 5) is 0.317. The Bertz CT molecular complexity index is 544. The van der Waals surface area contributed by atoms with E-state index in [1.807, 2.05) is 6.07 Å². The monoisotopic (exact) mass is 333 g/mol. The first kappa shape index (κ1) is 14.0. The Morgan fingerprint density at radius 1 is 1.50 bits per heavy atom. The van der Waals surface area contributed by atoms with Crippen molar-refractivity contribution in [2.24, 2.45) is 0 Å². The maximum atomic E-state index is 12.6. The second kappa shape index (κ2) is 5.28. The van der Waals surface area contributed by atoms with Crippen LogP contribution in [-0.4, -0.2) is 37.0 Å². The summed E-state index contributed by atoms with van der Waals surface area (Å²) in [5.41, 5.74) is 0.724. The highest BCUT2D eigenvalue weighted by Gasteiger charge is 2.35. The van der Waals surface area contributed by atoms with E-state index >= 15 is 0 Å². The number of aryl methyl sites for hydroxylation is 1. The average molecular weight is 334 g/mol. The van der Waals surface area contributed by atoms with Crippen LogP contribution >= 0.6 is 15.9 Å². The van der Waals surface area contributed by atoms with Gasteiger partial charge in [0.25, 0.3) is 0 Å². The molecule has 1 N–H and O–H groups in total. The predicted octanol–water partition coefficient (Wildman–Crippen LogP) is 1.90. The number of hydrogen-bond acceptors (Lipinski definition) is 3. The zero-order valence-corrected chi connectivity index (χ0v) is 12.5. The van der Waals surface area contributed by atoms with Gasteiger partial charge in [-0.3, -0.25) is 0 Å². The lowest BCUT2D eigenvalue weighted by molar-refractivity contribution is 0.213. The number of halogens is 1. The van der Waals surface area contributed by atoms with Crippen LogP contribution in [0.1, 0.15) is 18.4 Å². The molecule has 0 bridgehead atoms. The molecular formula is C12H16BrNO3S. The van der Waals surface area contributed by atoms with Gasteiger partial charge in [0.05, 0.1) is 11.5 Å². The molecule has 0 amide bonds. The van der Waals surface area contributed by atoms with Crippen LogP contribution < -0.4 is 0 Å². The smallest absolute Gasteiger partial charge is 0.243 e. The van der Waals surface area contributed by atoms with Crippen LogP contribution in [0.4, 0.5) is 0 Å². The molecule has 1 aromatic rings. The first-order chi connectivity index (χ1) is 8.46. The topological polar surface area (TPSA) is 57.6 Å². The molecule has 0 unspecified atom stereocenters. The van der Waals surface area contributed by atoms with Gasteiger partial charge < -0.3 is 5.11 Å². The fourth-order valence-electron chi connectivity index (χ4n) is 2.29. The van der Waals surface area contributed by atoms with Crippen molar-refractivity contribution in [3.63, 3.8) is 0 Å². The van der Waals surface area contributed by atoms with Crippen LogP contribution in [-0.2, 0) is 10.0 Å². The zero-order valence-electron chi connectivity index (χ0n) is 10.1. The molecule has 0 spiro atoms. The second-order valence-corrected chi connectivity index (χ2v) is 7.28. The van der Waals surface area contributed by atoms with Crippen LogP contribution in [0.25, 0.3) is 0 Å². The first-order valence-corrected chi connectivity index (χ1v) is 8.09. The molecule has 6 heteroatoms. The Morgan fingerprint density at radius 2 is 2.22 bits per heavy atom. The predicted molar refractivity (Wildman–Crippen MR) is 72.9 cm³/mol. The molecule has 1 aliphatic heterocycles. The van der Waals surface area contributed by atoms with E-state index < -0.39 is 10.0 Å². The van der Waals surface area contributed by atoms with E-state index in [2.05, 4.69) is 15.9 Å². The molecular weight excluding hydrogens is 318 g/mol. The fraction of sp³-hybridized carbons (Fsp3) is 0.500. The molecule has 1 heterocycles.